The summed E-state index contributed by atoms with van der Waals surface area (Å²) in [6.07, 6.45) is -0.549. The van der Waals surface area contributed by atoms with E-state index in [1.807, 2.05) is 0 Å². The fourth-order valence-electron chi connectivity index (χ4n) is 1.28. The number of ether oxygens (including phenoxy) is 1. The molecule has 0 unspecified atom stereocenters. The zero-order valence-electron chi connectivity index (χ0n) is 7.96. The van der Waals surface area contributed by atoms with Crippen LogP contribution in [0.1, 0.15) is 0 Å². The fourth-order valence-corrected chi connectivity index (χ4v) is 1.28. The first kappa shape index (κ1) is 9.32. The van der Waals surface area contributed by atoms with Crippen molar-refractivity contribution in [2.75, 3.05) is 12.4 Å². The number of anilines is 1. The first-order valence-corrected chi connectivity index (χ1v) is 4.26. The third-order valence-electron chi connectivity index (χ3n) is 1.95. The second-order valence-electron chi connectivity index (χ2n) is 2.96. The van der Waals surface area contributed by atoms with Crippen molar-refractivity contribution in [3.63, 3.8) is 0 Å². The number of fused-ring (bicyclic) bond motifs is 1. The standard InChI is InChI=1S/C9H9N3O3/c1-15-9(14)10-5-2-3-6-7(4-5)12-8(13)11-6/h2-4H,1H3,(H,10,14)(H2,11,12,13). The van der Waals surface area contributed by atoms with E-state index in [0.29, 0.717) is 16.7 Å². The van der Waals surface area contributed by atoms with Crippen LogP contribution in [0.5, 0.6) is 0 Å². The molecule has 0 spiro atoms. The maximum Gasteiger partial charge on any atom is 0.411 e. The Kier molecular flexibility index (Phi) is 2.17. The summed E-state index contributed by atoms with van der Waals surface area (Å²) >= 11 is 0. The molecule has 1 heterocycles. The van der Waals surface area contributed by atoms with Crippen molar-refractivity contribution in [3.05, 3.63) is 28.7 Å². The Bertz CT molecular complexity index is 555. The Balaban J connectivity index is 2.38. The minimum absolute atomic E-state index is 0.278. The van der Waals surface area contributed by atoms with Gasteiger partial charge in [0.15, 0.2) is 0 Å². The van der Waals surface area contributed by atoms with Gasteiger partial charge < -0.3 is 14.7 Å². The lowest BCUT2D eigenvalue weighted by Gasteiger charge is -2.02. The summed E-state index contributed by atoms with van der Waals surface area (Å²) in [4.78, 5) is 27.0. The van der Waals surface area contributed by atoms with Crippen LogP contribution in [0.4, 0.5) is 10.5 Å². The van der Waals surface area contributed by atoms with Gasteiger partial charge in [-0.05, 0) is 18.2 Å². The summed E-state index contributed by atoms with van der Waals surface area (Å²) in [5.74, 6) is 0. The van der Waals surface area contributed by atoms with E-state index in [1.54, 1.807) is 18.2 Å². The Morgan fingerprint density at radius 2 is 2.07 bits per heavy atom. The van der Waals surface area contributed by atoms with Gasteiger partial charge in [-0.15, -0.1) is 0 Å². The third-order valence-corrected chi connectivity index (χ3v) is 1.95. The van der Waals surface area contributed by atoms with Crippen LogP contribution in [0, 0.1) is 0 Å². The maximum atomic E-state index is 11.0. The van der Waals surface area contributed by atoms with Crippen LogP contribution >= 0.6 is 0 Å². The third kappa shape index (κ3) is 1.83. The lowest BCUT2D eigenvalue weighted by atomic mass is 10.3. The number of nitrogens with one attached hydrogen (secondary N) is 3. The molecule has 3 N–H and O–H groups in total. The Morgan fingerprint density at radius 3 is 2.80 bits per heavy atom. The molecule has 0 fully saturated rings. The average molecular weight is 207 g/mol. The molecule has 0 bridgehead atoms. The van der Waals surface area contributed by atoms with Gasteiger partial charge in [0.25, 0.3) is 0 Å². The smallest absolute Gasteiger partial charge is 0.411 e. The largest absolute Gasteiger partial charge is 0.453 e. The summed E-state index contributed by atoms with van der Waals surface area (Å²) in [5, 5.41) is 2.50. The highest BCUT2D eigenvalue weighted by atomic mass is 16.5. The zero-order chi connectivity index (χ0) is 10.8. The lowest BCUT2D eigenvalue weighted by Crippen LogP contribution is -2.10. The summed E-state index contributed by atoms with van der Waals surface area (Å²) in [7, 11) is 1.28. The minimum Gasteiger partial charge on any atom is -0.453 e. The van der Waals surface area contributed by atoms with Crippen molar-refractivity contribution in [3.8, 4) is 0 Å². The molecule has 2 aromatic rings. The predicted octanol–water partition coefficient (Wildman–Crippen LogP) is 1.03. The number of carbonyl (C=O) groups is 1. The average Bonchev–Trinajstić information content (AvgIpc) is 2.57. The van der Waals surface area contributed by atoms with Crippen molar-refractivity contribution in [2.24, 2.45) is 0 Å². The van der Waals surface area contributed by atoms with Crippen molar-refractivity contribution in [2.45, 2.75) is 0 Å². The molecule has 1 amide bonds. The number of rotatable bonds is 1. The molecular formula is C9H9N3O3. The highest BCUT2D eigenvalue weighted by Crippen LogP contribution is 2.14. The highest BCUT2D eigenvalue weighted by Gasteiger charge is 2.02. The molecule has 0 saturated heterocycles. The van der Waals surface area contributed by atoms with Gasteiger partial charge >= 0.3 is 11.8 Å². The molecule has 0 aliphatic carbocycles. The lowest BCUT2D eigenvalue weighted by molar-refractivity contribution is 0.187. The summed E-state index contributed by atoms with van der Waals surface area (Å²) in [5.41, 5.74) is 1.61. The molecule has 2 rings (SSSR count). The van der Waals surface area contributed by atoms with E-state index in [1.165, 1.54) is 7.11 Å². The van der Waals surface area contributed by atoms with Crippen LogP contribution in [-0.4, -0.2) is 23.2 Å². The Morgan fingerprint density at radius 1 is 1.33 bits per heavy atom. The van der Waals surface area contributed by atoms with Crippen LogP contribution in [0.25, 0.3) is 11.0 Å². The van der Waals surface area contributed by atoms with Crippen molar-refractivity contribution in [1.82, 2.24) is 9.97 Å². The molecule has 1 aromatic carbocycles. The molecule has 6 heteroatoms. The van der Waals surface area contributed by atoms with E-state index >= 15 is 0 Å². The summed E-state index contributed by atoms with van der Waals surface area (Å²) in [6.45, 7) is 0. The number of methoxy groups -OCH3 is 1. The molecule has 1 aromatic heterocycles. The molecule has 0 radical (unpaired) electrons. The number of aromatic amines is 2. The number of amides is 1. The normalized spacial score (nSPS) is 10.2. The van der Waals surface area contributed by atoms with Gasteiger partial charge in [0.1, 0.15) is 0 Å². The van der Waals surface area contributed by atoms with Crippen LogP contribution in [0.2, 0.25) is 0 Å². The van der Waals surface area contributed by atoms with Crippen LogP contribution in [0.3, 0.4) is 0 Å². The number of imidazole rings is 1. The molecule has 78 valence electrons. The second kappa shape index (κ2) is 3.49. The second-order valence-corrected chi connectivity index (χ2v) is 2.96. The number of benzene rings is 1. The molecule has 0 atom stereocenters. The first-order chi connectivity index (χ1) is 7.19. The van der Waals surface area contributed by atoms with E-state index in [0.717, 1.165) is 0 Å². The number of carbonyl (C=O) groups excluding carboxylic acids is 1. The number of hydrogen-bond acceptors (Lipinski definition) is 3. The summed E-state index contributed by atoms with van der Waals surface area (Å²) < 4.78 is 4.44. The molecule has 0 saturated carbocycles. The monoisotopic (exact) mass is 207 g/mol. The topological polar surface area (TPSA) is 87.0 Å². The molecule has 0 aliphatic rings. The van der Waals surface area contributed by atoms with E-state index in [9.17, 15) is 9.59 Å². The van der Waals surface area contributed by atoms with Crippen molar-refractivity contribution >= 4 is 22.8 Å². The predicted molar refractivity (Wildman–Crippen MR) is 54.9 cm³/mol. The van der Waals surface area contributed by atoms with Crippen LogP contribution < -0.4 is 11.0 Å². The summed E-state index contributed by atoms with van der Waals surface area (Å²) in [6, 6.07) is 5.01. The number of H-pyrrole nitrogens is 2. The van der Waals surface area contributed by atoms with E-state index in [4.69, 9.17) is 0 Å². The van der Waals surface area contributed by atoms with Gasteiger partial charge in [-0.1, -0.05) is 0 Å². The van der Waals surface area contributed by atoms with Gasteiger partial charge in [-0.25, -0.2) is 9.59 Å². The first-order valence-electron chi connectivity index (χ1n) is 4.26. The molecule has 6 nitrogen and oxygen atoms in total. The fraction of sp³-hybridized carbons (Fsp3) is 0.111. The molecule has 15 heavy (non-hydrogen) atoms. The van der Waals surface area contributed by atoms with Gasteiger partial charge in [-0.3, -0.25) is 5.32 Å². The zero-order valence-corrected chi connectivity index (χ0v) is 7.96. The maximum absolute atomic E-state index is 11.0. The van der Waals surface area contributed by atoms with Crippen molar-refractivity contribution in [1.29, 1.82) is 0 Å². The molecular weight excluding hydrogens is 198 g/mol. The minimum atomic E-state index is -0.549. The quantitative estimate of drug-likeness (QED) is 0.652. The number of hydrogen-bond donors (Lipinski definition) is 3. The highest BCUT2D eigenvalue weighted by molar-refractivity contribution is 5.88. The van der Waals surface area contributed by atoms with Crippen LogP contribution in [0.15, 0.2) is 23.0 Å². The van der Waals surface area contributed by atoms with Crippen molar-refractivity contribution < 1.29 is 9.53 Å². The molecule has 0 aliphatic heterocycles. The Hall–Kier alpha value is -2.24. The van der Waals surface area contributed by atoms with E-state index in [-0.39, 0.29) is 5.69 Å². The number of aromatic nitrogens is 2. The van der Waals surface area contributed by atoms with E-state index < -0.39 is 6.09 Å². The van der Waals surface area contributed by atoms with E-state index in [2.05, 4.69) is 20.0 Å². The van der Waals surface area contributed by atoms with Gasteiger partial charge in [0.2, 0.25) is 0 Å². The SMILES string of the molecule is COC(=O)Nc1ccc2[nH]c(=O)[nH]c2c1. The Labute approximate surface area is 84.3 Å². The van der Waals surface area contributed by atoms with Crippen LogP contribution in [-0.2, 0) is 4.74 Å². The van der Waals surface area contributed by atoms with Gasteiger partial charge in [0.05, 0.1) is 18.1 Å². The van der Waals surface area contributed by atoms with Gasteiger partial charge in [-0.2, -0.15) is 0 Å². The van der Waals surface area contributed by atoms with Gasteiger partial charge in [0, 0.05) is 5.69 Å².